The number of rotatable bonds is 14. The van der Waals surface area contributed by atoms with Gasteiger partial charge in [-0.2, -0.15) is 0 Å². The lowest BCUT2D eigenvalue weighted by molar-refractivity contribution is -0.0719. The van der Waals surface area contributed by atoms with Crippen LogP contribution in [0.2, 0.25) is 0 Å². The Hall–Kier alpha value is -0.800. The van der Waals surface area contributed by atoms with E-state index in [1.54, 1.807) is 0 Å². The highest BCUT2D eigenvalue weighted by Crippen LogP contribution is 2.20. The summed E-state index contributed by atoms with van der Waals surface area (Å²) in [6.07, 6.45) is 10.8. The average molecular weight is 312 g/mol. The Morgan fingerprint density at radius 3 is 2.14 bits per heavy atom. The van der Waals surface area contributed by atoms with E-state index in [1.165, 1.54) is 6.26 Å². The van der Waals surface area contributed by atoms with Gasteiger partial charge in [-0.15, -0.1) is 0 Å². The van der Waals surface area contributed by atoms with Crippen LogP contribution in [0.1, 0.15) is 66.7 Å². The van der Waals surface area contributed by atoms with Gasteiger partial charge in [0, 0.05) is 6.61 Å². The first kappa shape index (κ1) is 21.2. The highest BCUT2D eigenvalue weighted by Gasteiger charge is 2.21. The molecule has 0 spiro atoms. The summed E-state index contributed by atoms with van der Waals surface area (Å²) in [6.45, 7) is 16.4. The average Bonchev–Trinajstić information content (AvgIpc) is 2.42. The molecule has 3 nitrogen and oxygen atoms in total. The number of unbranched alkanes of at least 4 members (excludes halogenated alkanes) is 1. The second-order valence-corrected chi connectivity index (χ2v) is 6.79. The van der Waals surface area contributed by atoms with Crippen molar-refractivity contribution in [1.29, 1.82) is 0 Å². The third-order valence-electron chi connectivity index (χ3n) is 3.48. The maximum Gasteiger partial charge on any atom is 0.0873 e. The molecule has 0 radical (unpaired) electrons. The van der Waals surface area contributed by atoms with Crippen molar-refractivity contribution in [2.45, 2.75) is 77.9 Å². The smallest absolute Gasteiger partial charge is 0.0873 e. The van der Waals surface area contributed by atoms with Crippen LogP contribution in [-0.2, 0) is 14.2 Å². The van der Waals surface area contributed by atoms with Gasteiger partial charge in [0.15, 0.2) is 0 Å². The topological polar surface area (TPSA) is 27.7 Å². The molecule has 0 unspecified atom stereocenters. The van der Waals surface area contributed by atoms with Crippen LogP contribution in [0.5, 0.6) is 0 Å². The second kappa shape index (κ2) is 11.7. The molecule has 0 aromatic carbocycles. The number of ether oxygens (including phenoxy) is 3. The third-order valence-corrected chi connectivity index (χ3v) is 3.48. The quantitative estimate of drug-likeness (QED) is 0.249. The van der Waals surface area contributed by atoms with Gasteiger partial charge in [-0.3, -0.25) is 0 Å². The maximum absolute atomic E-state index is 6.01. The molecule has 0 aromatic rings. The van der Waals surface area contributed by atoms with Crippen LogP contribution in [0.4, 0.5) is 0 Å². The highest BCUT2D eigenvalue weighted by molar-refractivity contribution is 4.87. The van der Waals surface area contributed by atoms with E-state index in [2.05, 4.69) is 53.3 Å². The van der Waals surface area contributed by atoms with Gasteiger partial charge in [0.05, 0.1) is 30.7 Å². The summed E-state index contributed by atoms with van der Waals surface area (Å²) < 4.78 is 17.0. The summed E-state index contributed by atoms with van der Waals surface area (Å²) in [5, 5.41) is 0. The van der Waals surface area contributed by atoms with Gasteiger partial charge in [-0.05, 0) is 59.8 Å². The van der Waals surface area contributed by atoms with Crippen molar-refractivity contribution in [3.8, 4) is 0 Å². The first-order valence-electron chi connectivity index (χ1n) is 8.48. The Labute approximate surface area is 137 Å². The SMILES string of the molecule is C=COCCCCOC(C)(C)CCOC(C)(C)CC=CCC. The number of hydrogen-bond acceptors (Lipinski definition) is 3. The first-order chi connectivity index (χ1) is 10.3. The summed E-state index contributed by atoms with van der Waals surface area (Å²) >= 11 is 0. The van der Waals surface area contributed by atoms with Crippen molar-refractivity contribution in [3.63, 3.8) is 0 Å². The van der Waals surface area contributed by atoms with E-state index >= 15 is 0 Å². The van der Waals surface area contributed by atoms with E-state index < -0.39 is 0 Å². The Morgan fingerprint density at radius 1 is 0.864 bits per heavy atom. The van der Waals surface area contributed by atoms with Crippen LogP contribution < -0.4 is 0 Å². The highest BCUT2D eigenvalue weighted by atomic mass is 16.5. The van der Waals surface area contributed by atoms with Crippen LogP contribution in [-0.4, -0.2) is 31.0 Å². The molecule has 0 amide bonds. The van der Waals surface area contributed by atoms with Crippen LogP contribution >= 0.6 is 0 Å². The van der Waals surface area contributed by atoms with Crippen LogP contribution in [0.25, 0.3) is 0 Å². The number of hydrogen-bond donors (Lipinski definition) is 0. The summed E-state index contributed by atoms with van der Waals surface area (Å²) in [6, 6.07) is 0. The van der Waals surface area contributed by atoms with Crippen LogP contribution in [0, 0.1) is 0 Å². The minimum atomic E-state index is -0.144. The summed E-state index contributed by atoms with van der Waals surface area (Å²) in [5.74, 6) is 0. The monoisotopic (exact) mass is 312 g/mol. The molecule has 0 rings (SSSR count). The van der Waals surface area contributed by atoms with Gasteiger partial charge >= 0.3 is 0 Å². The minimum Gasteiger partial charge on any atom is -0.502 e. The molecule has 3 heteroatoms. The van der Waals surface area contributed by atoms with Crippen LogP contribution in [0.15, 0.2) is 25.0 Å². The zero-order valence-electron chi connectivity index (χ0n) is 15.3. The lowest BCUT2D eigenvalue weighted by atomic mass is 10.0. The van der Waals surface area contributed by atoms with Crippen molar-refractivity contribution in [2.24, 2.45) is 0 Å². The minimum absolute atomic E-state index is 0.107. The second-order valence-electron chi connectivity index (χ2n) is 6.79. The van der Waals surface area contributed by atoms with Crippen molar-refractivity contribution >= 4 is 0 Å². The van der Waals surface area contributed by atoms with Crippen LogP contribution in [0.3, 0.4) is 0 Å². The molecule has 0 heterocycles. The molecule has 130 valence electrons. The fourth-order valence-electron chi connectivity index (χ4n) is 1.96. The van der Waals surface area contributed by atoms with Crippen molar-refractivity contribution in [1.82, 2.24) is 0 Å². The summed E-state index contributed by atoms with van der Waals surface area (Å²) in [7, 11) is 0. The van der Waals surface area contributed by atoms with Crippen molar-refractivity contribution in [2.75, 3.05) is 19.8 Å². The zero-order valence-corrected chi connectivity index (χ0v) is 15.3. The van der Waals surface area contributed by atoms with E-state index in [-0.39, 0.29) is 11.2 Å². The van der Waals surface area contributed by atoms with Gasteiger partial charge in [0.1, 0.15) is 0 Å². The normalized spacial score (nSPS) is 12.8. The molecule has 0 N–H and O–H groups in total. The zero-order chi connectivity index (χ0) is 16.9. The number of allylic oxidation sites excluding steroid dienone is 1. The predicted molar refractivity (Wildman–Crippen MR) is 94.1 cm³/mol. The Balaban J connectivity index is 3.81. The van der Waals surface area contributed by atoms with Gasteiger partial charge in [-0.25, -0.2) is 0 Å². The standard InChI is InChI=1S/C19H36O3/c1-7-9-10-13-18(3,4)22-17-14-19(5,6)21-16-12-11-15-20-8-2/h8-10H,2,7,11-17H2,1,3-6H3. The van der Waals surface area contributed by atoms with Gasteiger partial charge < -0.3 is 14.2 Å². The lowest BCUT2D eigenvalue weighted by Gasteiger charge is -2.29. The van der Waals surface area contributed by atoms with Gasteiger partial charge in [0.2, 0.25) is 0 Å². The molecule has 0 atom stereocenters. The van der Waals surface area contributed by atoms with E-state index in [1.807, 2.05) is 0 Å². The van der Waals surface area contributed by atoms with Crippen molar-refractivity contribution in [3.05, 3.63) is 25.0 Å². The van der Waals surface area contributed by atoms with E-state index in [9.17, 15) is 0 Å². The fourth-order valence-corrected chi connectivity index (χ4v) is 1.96. The summed E-state index contributed by atoms with van der Waals surface area (Å²) in [5.41, 5.74) is -0.252. The Bertz CT molecular complexity index is 306. The Morgan fingerprint density at radius 2 is 1.50 bits per heavy atom. The molecule has 0 bridgehead atoms. The Kier molecular flexibility index (Phi) is 11.3. The molecule has 0 aliphatic carbocycles. The predicted octanol–water partition coefficient (Wildman–Crippen LogP) is 5.26. The molecule has 0 saturated carbocycles. The maximum atomic E-state index is 6.01. The first-order valence-corrected chi connectivity index (χ1v) is 8.48. The molecule has 22 heavy (non-hydrogen) atoms. The van der Waals surface area contributed by atoms with Crippen molar-refractivity contribution < 1.29 is 14.2 Å². The molecule has 0 aliphatic heterocycles. The molecule has 0 aliphatic rings. The van der Waals surface area contributed by atoms with Gasteiger partial charge in [-0.1, -0.05) is 25.7 Å². The summed E-state index contributed by atoms with van der Waals surface area (Å²) in [4.78, 5) is 0. The molecular weight excluding hydrogens is 276 g/mol. The lowest BCUT2D eigenvalue weighted by Crippen LogP contribution is -2.30. The van der Waals surface area contributed by atoms with E-state index in [4.69, 9.17) is 14.2 Å². The molecular formula is C19H36O3. The third kappa shape index (κ3) is 12.9. The van der Waals surface area contributed by atoms with Gasteiger partial charge in [0.25, 0.3) is 0 Å². The van der Waals surface area contributed by atoms with E-state index in [0.717, 1.165) is 51.9 Å². The molecule has 0 fully saturated rings. The fraction of sp³-hybridized carbons (Fsp3) is 0.789. The molecule has 0 saturated heterocycles. The molecule has 0 aromatic heterocycles. The van der Waals surface area contributed by atoms with E-state index in [0.29, 0.717) is 0 Å². The largest absolute Gasteiger partial charge is 0.502 e.